The van der Waals surface area contributed by atoms with Gasteiger partial charge in [0, 0.05) is 0 Å². The minimum atomic E-state index is 1.09. The number of benzene rings is 1. The molecule has 0 saturated heterocycles. The highest BCUT2D eigenvalue weighted by Gasteiger charge is 2.13. The van der Waals surface area contributed by atoms with E-state index >= 15 is 0 Å². The van der Waals surface area contributed by atoms with Crippen LogP contribution in [-0.4, -0.2) is 0 Å². The molecule has 0 aliphatic rings. The first-order valence-corrected chi connectivity index (χ1v) is 7.49. The highest BCUT2D eigenvalue weighted by Crippen LogP contribution is 2.46. The normalized spacial score (nSPS) is 10.7. The molecule has 0 amide bonds. The summed E-state index contributed by atoms with van der Waals surface area (Å²) in [5.41, 5.74) is 2.52. The molecule has 78 valence electrons. The van der Waals surface area contributed by atoms with Crippen molar-refractivity contribution in [3.63, 3.8) is 0 Å². The molecule has 1 heterocycles. The molecular weight excluding hydrogens is 404 g/mol. The van der Waals surface area contributed by atoms with Crippen molar-refractivity contribution in [2.45, 2.75) is 6.92 Å². The Labute approximate surface area is 118 Å². The second-order valence-corrected chi connectivity index (χ2v) is 7.12. The van der Waals surface area contributed by atoms with Gasteiger partial charge in [-0.15, -0.1) is 11.3 Å². The molecule has 0 unspecified atom stereocenters. The van der Waals surface area contributed by atoms with Gasteiger partial charge in [0.05, 0.1) is 17.6 Å². The summed E-state index contributed by atoms with van der Waals surface area (Å²) in [6, 6.07) is 8.54. The minimum absolute atomic E-state index is 1.09. The van der Waals surface area contributed by atoms with E-state index in [0.717, 1.165) is 12.7 Å². The summed E-state index contributed by atoms with van der Waals surface area (Å²) in [6.45, 7) is 2.10. The molecule has 1 aromatic carbocycles. The Morgan fingerprint density at radius 1 is 0.933 bits per heavy atom. The van der Waals surface area contributed by atoms with Crippen LogP contribution in [-0.2, 0) is 0 Å². The van der Waals surface area contributed by atoms with Crippen molar-refractivity contribution in [3.8, 4) is 10.4 Å². The van der Waals surface area contributed by atoms with Gasteiger partial charge in [0.1, 0.15) is 0 Å². The molecule has 2 rings (SSSR count). The molecule has 0 N–H and O–H groups in total. The van der Waals surface area contributed by atoms with Gasteiger partial charge in [-0.05, 0) is 60.3 Å². The van der Waals surface area contributed by atoms with Crippen LogP contribution in [0.3, 0.4) is 0 Å². The lowest BCUT2D eigenvalue weighted by Crippen LogP contribution is -1.74. The van der Waals surface area contributed by atoms with Crippen molar-refractivity contribution in [3.05, 3.63) is 42.6 Å². The maximum Gasteiger partial charge on any atom is 0.0858 e. The van der Waals surface area contributed by atoms with Crippen LogP contribution in [0.1, 0.15) is 5.56 Å². The largest absolute Gasteiger partial charge is 0.126 e. The summed E-state index contributed by atoms with van der Waals surface area (Å²) in [5, 5.41) is 0. The van der Waals surface area contributed by atoms with Crippen LogP contribution < -0.4 is 0 Å². The zero-order valence-corrected chi connectivity index (χ0v) is 13.4. The van der Waals surface area contributed by atoms with E-state index in [4.69, 9.17) is 0 Å². The number of rotatable bonds is 1. The van der Waals surface area contributed by atoms with E-state index in [-0.39, 0.29) is 0 Å². The molecule has 0 fully saturated rings. The predicted octanol–water partition coefficient (Wildman–Crippen LogP) is 6.01. The number of aryl methyl sites for hydroxylation is 1. The Bertz CT molecular complexity index is 485. The quantitative estimate of drug-likeness (QED) is 0.540. The summed E-state index contributed by atoms with van der Waals surface area (Å²) >= 11 is 12.4. The SMILES string of the molecule is Cc1ccc(-c2sc(Br)c(Br)c2Br)cc1. The Hall–Kier alpha value is 0.360. The predicted molar refractivity (Wildman–Crippen MR) is 77.6 cm³/mol. The van der Waals surface area contributed by atoms with Crippen molar-refractivity contribution >= 4 is 59.1 Å². The number of hydrogen-bond donors (Lipinski definition) is 0. The zero-order valence-electron chi connectivity index (χ0n) is 7.85. The fourth-order valence-electron chi connectivity index (χ4n) is 1.26. The van der Waals surface area contributed by atoms with Crippen molar-refractivity contribution in [2.24, 2.45) is 0 Å². The maximum absolute atomic E-state index is 3.59. The fourth-order valence-corrected chi connectivity index (χ4v) is 4.40. The topological polar surface area (TPSA) is 0 Å². The molecule has 0 radical (unpaired) electrons. The monoisotopic (exact) mass is 408 g/mol. The summed E-state index contributed by atoms with van der Waals surface area (Å²) in [4.78, 5) is 1.24. The number of hydrogen-bond acceptors (Lipinski definition) is 1. The van der Waals surface area contributed by atoms with Crippen LogP contribution in [0.25, 0.3) is 10.4 Å². The van der Waals surface area contributed by atoms with Crippen molar-refractivity contribution in [1.29, 1.82) is 0 Å². The smallest absolute Gasteiger partial charge is 0.0858 e. The lowest BCUT2D eigenvalue weighted by atomic mass is 10.1. The molecule has 0 spiro atoms. The second kappa shape index (κ2) is 4.70. The van der Waals surface area contributed by atoms with Gasteiger partial charge in [0.25, 0.3) is 0 Å². The summed E-state index contributed by atoms with van der Waals surface area (Å²) in [6.07, 6.45) is 0. The average molecular weight is 411 g/mol. The molecule has 0 aliphatic carbocycles. The van der Waals surface area contributed by atoms with E-state index in [1.807, 2.05) is 0 Å². The lowest BCUT2D eigenvalue weighted by Gasteiger charge is -1.99. The Morgan fingerprint density at radius 2 is 1.53 bits per heavy atom. The molecule has 1 aromatic heterocycles. The van der Waals surface area contributed by atoms with E-state index in [2.05, 4.69) is 79.0 Å². The van der Waals surface area contributed by atoms with Gasteiger partial charge in [0.15, 0.2) is 0 Å². The van der Waals surface area contributed by atoms with Crippen LogP contribution in [0.2, 0.25) is 0 Å². The third-order valence-corrected chi connectivity index (χ3v) is 7.15. The molecule has 2 aromatic rings. The van der Waals surface area contributed by atoms with Crippen molar-refractivity contribution in [1.82, 2.24) is 0 Å². The van der Waals surface area contributed by atoms with Crippen LogP contribution in [0, 0.1) is 6.92 Å². The Balaban J connectivity index is 2.54. The van der Waals surface area contributed by atoms with Crippen molar-refractivity contribution in [2.75, 3.05) is 0 Å². The van der Waals surface area contributed by atoms with Crippen LogP contribution in [0.15, 0.2) is 37.0 Å². The summed E-state index contributed by atoms with van der Waals surface area (Å²) in [5.74, 6) is 0. The molecule has 0 bridgehead atoms. The van der Waals surface area contributed by atoms with Gasteiger partial charge >= 0.3 is 0 Å². The van der Waals surface area contributed by atoms with Gasteiger partial charge in [-0.2, -0.15) is 0 Å². The highest BCUT2D eigenvalue weighted by molar-refractivity contribution is 9.14. The molecular formula is C11H7Br3S. The zero-order chi connectivity index (χ0) is 11.0. The van der Waals surface area contributed by atoms with Gasteiger partial charge in [-0.3, -0.25) is 0 Å². The molecule has 15 heavy (non-hydrogen) atoms. The van der Waals surface area contributed by atoms with E-state index in [9.17, 15) is 0 Å². The first kappa shape index (κ1) is 11.8. The summed E-state index contributed by atoms with van der Waals surface area (Å²) in [7, 11) is 0. The maximum atomic E-state index is 3.59. The van der Waals surface area contributed by atoms with Crippen molar-refractivity contribution < 1.29 is 0 Å². The minimum Gasteiger partial charge on any atom is -0.126 e. The van der Waals surface area contributed by atoms with Crippen LogP contribution in [0.5, 0.6) is 0 Å². The first-order valence-electron chi connectivity index (χ1n) is 4.30. The number of halogens is 3. The molecule has 0 aliphatic heterocycles. The molecule has 0 atom stereocenters. The lowest BCUT2D eigenvalue weighted by molar-refractivity contribution is 1.47. The molecule has 0 saturated carbocycles. The molecule has 4 heteroatoms. The average Bonchev–Trinajstić information content (AvgIpc) is 2.47. The standard InChI is InChI=1S/C11H7Br3S/c1-6-2-4-7(5-3-6)10-8(12)9(13)11(14)15-10/h2-5H,1H3. The van der Waals surface area contributed by atoms with Gasteiger partial charge in [0.2, 0.25) is 0 Å². The van der Waals surface area contributed by atoms with Crippen LogP contribution in [0.4, 0.5) is 0 Å². The fraction of sp³-hybridized carbons (Fsp3) is 0.0909. The number of thiophene rings is 1. The Morgan fingerprint density at radius 3 is 2.00 bits per heavy atom. The summed E-state index contributed by atoms with van der Waals surface area (Å²) < 4.78 is 3.32. The first-order chi connectivity index (χ1) is 7.09. The van der Waals surface area contributed by atoms with Crippen LogP contribution >= 0.6 is 59.1 Å². The van der Waals surface area contributed by atoms with E-state index < -0.39 is 0 Å². The van der Waals surface area contributed by atoms with Gasteiger partial charge in [-0.25, -0.2) is 0 Å². The highest BCUT2D eigenvalue weighted by atomic mass is 79.9. The second-order valence-electron chi connectivity index (χ2n) is 3.20. The van der Waals surface area contributed by atoms with Gasteiger partial charge < -0.3 is 0 Å². The van der Waals surface area contributed by atoms with Gasteiger partial charge in [-0.1, -0.05) is 29.8 Å². The third kappa shape index (κ3) is 2.38. The third-order valence-electron chi connectivity index (χ3n) is 2.07. The molecule has 0 nitrogen and oxygen atoms in total. The van der Waals surface area contributed by atoms with E-state index in [0.29, 0.717) is 0 Å². The Kier molecular flexibility index (Phi) is 3.71. The van der Waals surface area contributed by atoms with E-state index in [1.165, 1.54) is 16.0 Å². The van der Waals surface area contributed by atoms with E-state index in [1.54, 1.807) is 11.3 Å².